The summed E-state index contributed by atoms with van der Waals surface area (Å²) >= 11 is 0. The maximum Gasteiger partial charge on any atom is 0.274 e. The molecular weight excluding hydrogens is 675 g/mol. The van der Waals surface area contributed by atoms with Gasteiger partial charge in [0, 0.05) is 42.7 Å². The fourth-order valence-corrected chi connectivity index (χ4v) is 7.05. The molecule has 2 fully saturated rings. The van der Waals surface area contributed by atoms with Crippen LogP contribution in [0.1, 0.15) is 83.3 Å². The molecule has 0 unspecified atom stereocenters. The van der Waals surface area contributed by atoms with E-state index in [1.807, 2.05) is 40.7 Å². The van der Waals surface area contributed by atoms with Gasteiger partial charge < -0.3 is 35.5 Å². The second-order valence-electron chi connectivity index (χ2n) is 15.7. The molecule has 5 N–H and O–H groups in total. The number of hydrogen-bond acceptors (Lipinski definition) is 10. The number of fused-ring (bicyclic) bond motifs is 1. The third kappa shape index (κ3) is 8.17. The molecule has 1 aliphatic carbocycles. The fraction of sp³-hybridized carbons (Fsp3) is 0.568. The van der Waals surface area contributed by atoms with Crippen molar-refractivity contribution < 1.29 is 44.0 Å². The van der Waals surface area contributed by atoms with E-state index in [0.717, 1.165) is 18.1 Å². The van der Waals surface area contributed by atoms with Crippen molar-refractivity contribution in [1.82, 2.24) is 29.7 Å². The molecule has 3 amide bonds. The summed E-state index contributed by atoms with van der Waals surface area (Å²) in [6.45, 7) is 11.9. The molecule has 1 saturated heterocycles. The maximum absolute atomic E-state index is 14.0. The minimum Gasteiger partial charge on any atom is -0.387 e. The van der Waals surface area contributed by atoms with Crippen molar-refractivity contribution in [2.45, 2.75) is 109 Å². The number of aromatic nitrogens is 3. The van der Waals surface area contributed by atoms with Gasteiger partial charge in [0.15, 0.2) is 17.5 Å². The number of nitrogens with one attached hydrogen (secondary N) is 1. The monoisotopic (exact) mass is 724 g/mol. The molecule has 3 aromatic rings. The highest BCUT2D eigenvalue weighted by atomic mass is 19.1. The van der Waals surface area contributed by atoms with Crippen molar-refractivity contribution in [3.63, 3.8) is 0 Å². The first-order chi connectivity index (χ1) is 24.3. The molecule has 5 rings (SSSR count). The molecule has 2 aromatic heterocycles. The van der Waals surface area contributed by atoms with Gasteiger partial charge >= 0.3 is 0 Å². The number of aliphatic hydroxyl groups excluding tert-OH is 4. The van der Waals surface area contributed by atoms with E-state index in [1.165, 1.54) is 12.1 Å². The van der Waals surface area contributed by atoms with Gasteiger partial charge in [0.05, 0.1) is 17.4 Å². The van der Waals surface area contributed by atoms with Gasteiger partial charge in [-0.2, -0.15) is 5.10 Å². The van der Waals surface area contributed by atoms with E-state index in [4.69, 9.17) is 10.1 Å². The Labute approximate surface area is 301 Å². The number of ketones is 1. The van der Waals surface area contributed by atoms with Gasteiger partial charge in [-0.25, -0.2) is 13.9 Å². The maximum atomic E-state index is 14.0. The van der Waals surface area contributed by atoms with Crippen LogP contribution in [-0.4, -0.2) is 124 Å². The molecule has 1 aliphatic heterocycles. The average molecular weight is 725 g/mol. The number of piperazine rings is 1. The molecule has 1 aromatic carbocycles. The van der Waals surface area contributed by atoms with Gasteiger partial charge in [-0.15, -0.1) is 0 Å². The normalized spacial score (nSPS) is 21.7. The Bertz CT molecular complexity index is 1810. The zero-order valence-corrected chi connectivity index (χ0v) is 30.4. The number of hydrogen-bond donors (Lipinski definition) is 5. The molecule has 2 aliphatic rings. The van der Waals surface area contributed by atoms with E-state index in [9.17, 15) is 44.0 Å². The molecule has 1 saturated carbocycles. The summed E-state index contributed by atoms with van der Waals surface area (Å²) in [5.41, 5.74) is 1.95. The number of benzene rings is 1. The van der Waals surface area contributed by atoms with Crippen LogP contribution in [-0.2, 0) is 19.8 Å². The van der Waals surface area contributed by atoms with Crippen LogP contribution in [0, 0.1) is 11.7 Å². The van der Waals surface area contributed by atoms with Crippen LogP contribution in [0.25, 0.3) is 16.9 Å². The lowest BCUT2D eigenvalue weighted by Gasteiger charge is -2.47. The average Bonchev–Trinajstić information content (AvgIpc) is 3.53. The minimum absolute atomic E-state index is 0.0400. The van der Waals surface area contributed by atoms with Gasteiger partial charge in [0.2, 0.25) is 5.91 Å². The van der Waals surface area contributed by atoms with Crippen molar-refractivity contribution in [2.75, 3.05) is 19.6 Å². The van der Waals surface area contributed by atoms with Crippen molar-refractivity contribution in [1.29, 1.82) is 0 Å². The smallest absolute Gasteiger partial charge is 0.274 e. The third-order valence-corrected chi connectivity index (χ3v) is 10.2. The zero-order valence-electron chi connectivity index (χ0n) is 30.4. The lowest BCUT2D eigenvalue weighted by Crippen LogP contribution is -2.62. The topological polar surface area (TPSA) is 198 Å². The van der Waals surface area contributed by atoms with E-state index in [0.29, 0.717) is 56.7 Å². The molecular formula is C37H49FN6O8. The van der Waals surface area contributed by atoms with E-state index >= 15 is 0 Å². The van der Waals surface area contributed by atoms with Gasteiger partial charge in [-0.05, 0) is 82.2 Å². The van der Waals surface area contributed by atoms with Gasteiger partial charge in [-0.3, -0.25) is 19.2 Å². The Morgan fingerprint density at radius 1 is 0.942 bits per heavy atom. The standard InChI is InChI=1S/C37H49FN6O8/c1-20(45)28(46)29(47)30(48)31(49)33(50)39-24-13-9-22(10-14-24)34(51)42-15-16-43(37(5,6)19-42)35(52)27-18-44-32(40-27)25(36(2,3)4)17-26(41-44)21-7-11-23(38)12-8-21/h7-8,11-12,17-18,22,24,28-31,46-49H,9-10,13-16,19H2,1-6H3,(H,39,50)/t22?,24?,28-,29+,30+,31-/m1/s1. The van der Waals surface area contributed by atoms with Crippen LogP contribution in [0.5, 0.6) is 0 Å². The SMILES string of the molecule is CC(=O)[C@@H](O)[C@H](O)[C@H](O)[C@@H](O)C(=O)NC1CCC(C(=O)N2CCN(C(=O)c3cn4nc(-c5ccc(F)cc5)cc(C(C)(C)C)c4n3)C(C)(C)C2)CC1. The number of rotatable bonds is 9. The summed E-state index contributed by atoms with van der Waals surface area (Å²) in [4.78, 5) is 59.7. The fourth-order valence-electron chi connectivity index (χ4n) is 7.05. The third-order valence-electron chi connectivity index (χ3n) is 10.2. The molecule has 3 heterocycles. The highest BCUT2D eigenvalue weighted by molar-refractivity contribution is 5.94. The number of nitrogens with zero attached hydrogens (tertiary/aromatic N) is 5. The second-order valence-corrected chi connectivity index (χ2v) is 15.7. The summed E-state index contributed by atoms with van der Waals surface area (Å²) < 4.78 is 15.2. The van der Waals surface area contributed by atoms with Crippen LogP contribution in [0.15, 0.2) is 36.5 Å². The molecule has 282 valence electrons. The summed E-state index contributed by atoms with van der Waals surface area (Å²) in [5, 5.41) is 47.2. The van der Waals surface area contributed by atoms with Crippen LogP contribution in [0.2, 0.25) is 0 Å². The lowest BCUT2D eigenvalue weighted by molar-refractivity contribution is -0.154. The molecule has 0 bridgehead atoms. The van der Waals surface area contributed by atoms with E-state index < -0.39 is 41.6 Å². The Morgan fingerprint density at radius 3 is 2.13 bits per heavy atom. The second kappa shape index (κ2) is 15.0. The van der Waals surface area contributed by atoms with Crippen LogP contribution >= 0.6 is 0 Å². The van der Waals surface area contributed by atoms with Gasteiger partial charge in [0.1, 0.15) is 29.8 Å². The minimum atomic E-state index is -2.07. The Morgan fingerprint density at radius 2 is 1.56 bits per heavy atom. The number of Topliss-reactive ketones (excluding diaryl/α,β-unsaturated/α-hetero) is 1. The first kappa shape index (κ1) is 38.9. The van der Waals surface area contributed by atoms with E-state index in [1.54, 1.807) is 32.6 Å². The molecule has 0 spiro atoms. The quantitative estimate of drug-likeness (QED) is 0.216. The van der Waals surface area contributed by atoms with Crippen molar-refractivity contribution >= 4 is 29.2 Å². The van der Waals surface area contributed by atoms with Crippen molar-refractivity contribution in [3.05, 3.63) is 53.6 Å². The van der Waals surface area contributed by atoms with Crippen LogP contribution in [0.4, 0.5) is 4.39 Å². The summed E-state index contributed by atoms with van der Waals surface area (Å²) in [6.07, 6.45) is -4.70. The number of carbonyl (C=O) groups is 4. The van der Waals surface area contributed by atoms with Crippen LogP contribution < -0.4 is 5.32 Å². The molecule has 14 nitrogen and oxygen atoms in total. The molecule has 4 atom stereocenters. The highest BCUT2D eigenvalue weighted by Crippen LogP contribution is 2.32. The van der Waals surface area contributed by atoms with E-state index in [-0.39, 0.29) is 40.7 Å². The lowest BCUT2D eigenvalue weighted by atomic mass is 9.84. The summed E-state index contributed by atoms with van der Waals surface area (Å²) in [7, 11) is 0. The van der Waals surface area contributed by atoms with E-state index in [2.05, 4.69) is 5.32 Å². The number of amides is 3. The highest BCUT2D eigenvalue weighted by Gasteiger charge is 2.42. The van der Waals surface area contributed by atoms with Gasteiger partial charge in [0.25, 0.3) is 11.8 Å². The van der Waals surface area contributed by atoms with Crippen molar-refractivity contribution in [2.24, 2.45) is 5.92 Å². The Hall–Kier alpha value is -4.31. The Kier molecular flexibility index (Phi) is 11.2. The predicted octanol–water partition coefficient (Wildman–Crippen LogP) is 1.60. The number of halogens is 1. The van der Waals surface area contributed by atoms with Crippen LogP contribution in [0.3, 0.4) is 0 Å². The number of carbonyl (C=O) groups excluding carboxylic acids is 4. The number of aliphatic hydroxyl groups is 4. The number of imidazole rings is 1. The zero-order chi connectivity index (χ0) is 38.3. The summed E-state index contributed by atoms with van der Waals surface area (Å²) in [6, 6.07) is 7.60. The predicted molar refractivity (Wildman–Crippen MR) is 187 cm³/mol. The largest absolute Gasteiger partial charge is 0.387 e. The first-order valence-electron chi connectivity index (χ1n) is 17.6. The summed E-state index contributed by atoms with van der Waals surface area (Å²) in [5.74, 6) is -2.75. The molecule has 15 heteroatoms. The Balaban J connectivity index is 1.21. The first-order valence-corrected chi connectivity index (χ1v) is 17.6. The molecule has 0 radical (unpaired) electrons. The molecule has 52 heavy (non-hydrogen) atoms. The van der Waals surface area contributed by atoms with Crippen molar-refractivity contribution in [3.8, 4) is 11.3 Å². The van der Waals surface area contributed by atoms with Gasteiger partial charge in [-0.1, -0.05) is 20.8 Å².